The van der Waals surface area contributed by atoms with E-state index in [2.05, 4.69) is 0 Å². The van der Waals surface area contributed by atoms with Crippen molar-refractivity contribution in [2.24, 2.45) is 0 Å². The van der Waals surface area contributed by atoms with E-state index in [1.807, 2.05) is 0 Å². The largest absolute Gasteiger partial charge is 0.463 e. The van der Waals surface area contributed by atoms with Gasteiger partial charge in [0.15, 0.2) is 6.10 Å². The number of hydrogen-bond acceptors (Lipinski definition) is 6. The second-order valence-electron chi connectivity index (χ2n) is 3.96. The highest BCUT2D eigenvalue weighted by Gasteiger charge is 2.45. The van der Waals surface area contributed by atoms with E-state index in [0.717, 1.165) is 0 Å². The minimum Gasteiger partial charge on any atom is -0.463 e. The molecule has 0 aromatic heterocycles. The molecule has 1 fully saturated rings. The molecule has 1 heterocycles. The summed E-state index contributed by atoms with van der Waals surface area (Å²) in [7, 11) is 1.50. The van der Waals surface area contributed by atoms with Gasteiger partial charge in [-0.25, -0.2) is 0 Å². The van der Waals surface area contributed by atoms with Crippen LogP contribution in [0.4, 0.5) is 0 Å². The first-order chi connectivity index (χ1) is 7.95. The molecule has 0 N–H and O–H groups in total. The average molecular weight is 246 g/mol. The van der Waals surface area contributed by atoms with Gasteiger partial charge in [0.05, 0.1) is 6.10 Å². The fourth-order valence-corrected chi connectivity index (χ4v) is 1.88. The monoisotopic (exact) mass is 246 g/mol. The van der Waals surface area contributed by atoms with Crippen LogP contribution >= 0.6 is 0 Å². The van der Waals surface area contributed by atoms with Gasteiger partial charge in [0.2, 0.25) is 0 Å². The number of carbonyl (C=O) groups is 2. The third-order valence-electron chi connectivity index (χ3n) is 2.57. The van der Waals surface area contributed by atoms with E-state index in [-0.39, 0.29) is 24.6 Å². The van der Waals surface area contributed by atoms with Crippen molar-refractivity contribution < 1.29 is 28.5 Å². The van der Waals surface area contributed by atoms with Crippen LogP contribution in [0.1, 0.15) is 20.8 Å². The van der Waals surface area contributed by atoms with Crippen molar-refractivity contribution in [3.8, 4) is 0 Å². The SMILES string of the molecule is CO[C@@H]1[C@@H](OC(C)=O)[C@H](C)O[C@@H]1COC(C)=O. The van der Waals surface area contributed by atoms with Crippen LogP contribution in [0.15, 0.2) is 0 Å². The molecule has 6 nitrogen and oxygen atoms in total. The maximum atomic E-state index is 11.0. The molecule has 1 aliphatic rings. The lowest BCUT2D eigenvalue weighted by atomic mass is 10.1. The van der Waals surface area contributed by atoms with Crippen molar-refractivity contribution in [3.05, 3.63) is 0 Å². The molecule has 0 bridgehead atoms. The van der Waals surface area contributed by atoms with E-state index in [0.29, 0.717) is 0 Å². The molecule has 17 heavy (non-hydrogen) atoms. The van der Waals surface area contributed by atoms with Crippen molar-refractivity contribution in [1.29, 1.82) is 0 Å². The molecule has 0 radical (unpaired) electrons. The summed E-state index contributed by atoms with van der Waals surface area (Å²) in [5.74, 6) is -0.771. The lowest BCUT2D eigenvalue weighted by Gasteiger charge is -2.21. The molecule has 1 saturated heterocycles. The molecule has 0 aromatic rings. The van der Waals surface area contributed by atoms with Gasteiger partial charge in [0.25, 0.3) is 0 Å². The van der Waals surface area contributed by atoms with Crippen LogP contribution < -0.4 is 0 Å². The van der Waals surface area contributed by atoms with E-state index < -0.39 is 18.3 Å². The Bertz CT molecular complexity index is 290. The fourth-order valence-electron chi connectivity index (χ4n) is 1.88. The Morgan fingerprint density at radius 3 is 2.29 bits per heavy atom. The van der Waals surface area contributed by atoms with E-state index in [1.165, 1.54) is 21.0 Å². The lowest BCUT2D eigenvalue weighted by Crippen LogP contribution is -2.39. The van der Waals surface area contributed by atoms with Crippen molar-refractivity contribution >= 4 is 11.9 Å². The quantitative estimate of drug-likeness (QED) is 0.664. The molecule has 98 valence electrons. The molecular weight excluding hydrogens is 228 g/mol. The summed E-state index contributed by atoms with van der Waals surface area (Å²) in [5, 5.41) is 0. The van der Waals surface area contributed by atoms with Crippen LogP contribution in [0.25, 0.3) is 0 Å². The van der Waals surface area contributed by atoms with E-state index in [9.17, 15) is 9.59 Å². The zero-order chi connectivity index (χ0) is 13.0. The fraction of sp³-hybridized carbons (Fsp3) is 0.818. The first-order valence-corrected chi connectivity index (χ1v) is 5.44. The number of rotatable bonds is 4. The van der Waals surface area contributed by atoms with Gasteiger partial charge in [-0.3, -0.25) is 9.59 Å². The van der Waals surface area contributed by atoms with E-state index >= 15 is 0 Å². The highest BCUT2D eigenvalue weighted by Crippen LogP contribution is 2.26. The first-order valence-electron chi connectivity index (χ1n) is 5.44. The Morgan fingerprint density at radius 2 is 1.82 bits per heavy atom. The minimum atomic E-state index is -0.474. The van der Waals surface area contributed by atoms with Crippen LogP contribution in [-0.4, -0.2) is 50.1 Å². The average Bonchev–Trinajstić information content (AvgIpc) is 2.51. The summed E-state index contributed by atoms with van der Waals surface area (Å²) in [6, 6.07) is 0. The van der Waals surface area contributed by atoms with Crippen LogP contribution in [0.2, 0.25) is 0 Å². The zero-order valence-corrected chi connectivity index (χ0v) is 10.5. The third-order valence-corrected chi connectivity index (χ3v) is 2.57. The molecule has 0 spiro atoms. The van der Waals surface area contributed by atoms with Gasteiger partial charge in [-0.1, -0.05) is 0 Å². The molecule has 1 aliphatic heterocycles. The smallest absolute Gasteiger partial charge is 0.303 e. The van der Waals surface area contributed by atoms with Crippen molar-refractivity contribution in [3.63, 3.8) is 0 Å². The predicted molar refractivity (Wildman–Crippen MR) is 57.3 cm³/mol. The van der Waals surface area contributed by atoms with Gasteiger partial charge in [-0.15, -0.1) is 0 Å². The number of hydrogen-bond donors (Lipinski definition) is 0. The lowest BCUT2D eigenvalue weighted by molar-refractivity contribution is -0.154. The van der Waals surface area contributed by atoms with Crippen molar-refractivity contribution in [2.45, 2.75) is 45.2 Å². The number of ether oxygens (including phenoxy) is 4. The molecule has 0 aromatic carbocycles. The van der Waals surface area contributed by atoms with Crippen molar-refractivity contribution in [1.82, 2.24) is 0 Å². The van der Waals surface area contributed by atoms with Crippen LogP contribution in [0.3, 0.4) is 0 Å². The molecule has 0 amide bonds. The molecule has 0 unspecified atom stereocenters. The van der Waals surface area contributed by atoms with Crippen molar-refractivity contribution in [2.75, 3.05) is 13.7 Å². The van der Waals surface area contributed by atoms with Crippen LogP contribution in [-0.2, 0) is 28.5 Å². The van der Waals surface area contributed by atoms with Gasteiger partial charge in [0, 0.05) is 21.0 Å². The Balaban J connectivity index is 2.62. The van der Waals surface area contributed by atoms with Gasteiger partial charge in [-0.2, -0.15) is 0 Å². The highest BCUT2D eigenvalue weighted by atomic mass is 16.6. The summed E-state index contributed by atoms with van der Waals surface area (Å²) < 4.78 is 20.8. The van der Waals surface area contributed by atoms with E-state index in [1.54, 1.807) is 6.92 Å². The minimum absolute atomic E-state index is 0.0932. The summed E-state index contributed by atoms with van der Waals surface area (Å²) in [4.78, 5) is 21.7. The number of esters is 2. The summed E-state index contributed by atoms with van der Waals surface area (Å²) >= 11 is 0. The standard InChI is InChI=1S/C11H18O6/c1-6-10(17-8(3)13)11(14-4)9(16-6)5-15-7(2)12/h6,9-11H,5H2,1-4H3/t6-,9+,10-,11-/m0/s1. The Hall–Kier alpha value is -1.14. The zero-order valence-electron chi connectivity index (χ0n) is 10.5. The molecular formula is C11H18O6. The summed E-state index contributed by atoms with van der Waals surface area (Å²) in [5.41, 5.74) is 0. The Morgan fingerprint density at radius 1 is 1.18 bits per heavy atom. The second kappa shape index (κ2) is 5.97. The molecule has 0 aliphatic carbocycles. The molecule has 6 heteroatoms. The topological polar surface area (TPSA) is 71.1 Å². The van der Waals surface area contributed by atoms with Gasteiger partial charge >= 0.3 is 11.9 Å². The van der Waals surface area contributed by atoms with Gasteiger partial charge in [0.1, 0.15) is 18.8 Å². The van der Waals surface area contributed by atoms with Crippen LogP contribution in [0, 0.1) is 0 Å². The normalized spacial score (nSPS) is 32.2. The Labute approximate surface area is 100 Å². The maximum absolute atomic E-state index is 11.0. The third kappa shape index (κ3) is 3.67. The predicted octanol–water partition coefficient (Wildman–Crippen LogP) is 0.283. The van der Waals surface area contributed by atoms with E-state index in [4.69, 9.17) is 18.9 Å². The summed E-state index contributed by atoms with van der Waals surface area (Å²) in [6.45, 7) is 4.53. The molecule has 1 rings (SSSR count). The Kier molecular flexibility index (Phi) is 4.89. The maximum Gasteiger partial charge on any atom is 0.303 e. The molecule has 4 atom stereocenters. The number of carbonyl (C=O) groups excluding carboxylic acids is 2. The number of methoxy groups -OCH3 is 1. The molecule has 0 saturated carbocycles. The van der Waals surface area contributed by atoms with Gasteiger partial charge in [-0.05, 0) is 6.92 Å². The second-order valence-corrected chi connectivity index (χ2v) is 3.96. The summed E-state index contributed by atoms with van der Waals surface area (Å²) in [6.07, 6.45) is -1.60. The van der Waals surface area contributed by atoms with Crippen LogP contribution in [0.5, 0.6) is 0 Å². The van der Waals surface area contributed by atoms with Gasteiger partial charge < -0.3 is 18.9 Å². The highest BCUT2D eigenvalue weighted by molar-refractivity contribution is 5.66. The first kappa shape index (κ1) is 13.9.